The molecule has 0 radical (unpaired) electrons. The van der Waals surface area contributed by atoms with Crippen LogP contribution in [-0.4, -0.2) is 34.1 Å². The molecule has 2 rings (SSSR count). The minimum Gasteiger partial charge on any atom is -0.337 e. The van der Waals surface area contributed by atoms with E-state index in [4.69, 9.17) is 5.73 Å². The van der Waals surface area contributed by atoms with E-state index in [1.54, 1.807) is 0 Å². The molecule has 1 fully saturated rings. The second-order valence-corrected chi connectivity index (χ2v) is 6.54. The van der Waals surface area contributed by atoms with Gasteiger partial charge in [-0.3, -0.25) is 4.90 Å². The Balaban J connectivity index is 1.85. The summed E-state index contributed by atoms with van der Waals surface area (Å²) in [6.45, 7) is 4.29. The highest BCUT2D eigenvalue weighted by molar-refractivity contribution is 4.91. The molecule has 0 amide bonds. The van der Waals surface area contributed by atoms with Gasteiger partial charge in [0, 0.05) is 32.0 Å². The predicted octanol–water partition coefficient (Wildman–Crippen LogP) is 2.40. The van der Waals surface area contributed by atoms with E-state index in [-0.39, 0.29) is 0 Å². The van der Waals surface area contributed by atoms with Gasteiger partial charge in [-0.15, -0.1) is 0 Å². The number of aromatic nitrogens is 2. The molecule has 0 spiro atoms. The van der Waals surface area contributed by atoms with Crippen LogP contribution in [0.25, 0.3) is 0 Å². The van der Waals surface area contributed by atoms with E-state index < -0.39 is 0 Å². The summed E-state index contributed by atoms with van der Waals surface area (Å²) >= 11 is 0. The van der Waals surface area contributed by atoms with Gasteiger partial charge in [-0.1, -0.05) is 19.8 Å². The van der Waals surface area contributed by atoms with E-state index in [1.807, 2.05) is 12.4 Å². The van der Waals surface area contributed by atoms with Gasteiger partial charge in [-0.05, 0) is 38.1 Å². The summed E-state index contributed by atoms with van der Waals surface area (Å²) in [5.41, 5.74) is 6.34. The first-order valence-electron chi connectivity index (χ1n) is 8.00. The largest absolute Gasteiger partial charge is 0.337 e. The van der Waals surface area contributed by atoms with Gasteiger partial charge in [0.1, 0.15) is 5.82 Å². The molecule has 3 unspecified atom stereocenters. The third-order valence-electron chi connectivity index (χ3n) is 4.73. The zero-order chi connectivity index (χ0) is 14.5. The van der Waals surface area contributed by atoms with Crippen LogP contribution in [0.5, 0.6) is 0 Å². The molecule has 4 heteroatoms. The van der Waals surface area contributed by atoms with Gasteiger partial charge in [-0.25, -0.2) is 4.98 Å². The minimum absolute atomic E-state index is 0.381. The summed E-state index contributed by atoms with van der Waals surface area (Å²) in [5.74, 6) is 2.67. The van der Waals surface area contributed by atoms with Gasteiger partial charge < -0.3 is 10.3 Å². The molecule has 4 nitrogen and oxygen atoms in total. The maximum Gasteiger partial charge on any atom is 0.122 e. The average Bonchev–Trinajstić information content (AvgIpc) is 2.79. The molecule has 0 saturated heterocycles. The number of hydrogen-bond donors (Lipinski definition) is 1. The van der Waals surface area contributed by atoms with Crippen molar-refractivity contribution in [2.24, 2.45) is 24.6 Å². The lowest BCUT2D eigenvalue weighted by molar-refractivity contribution is 0.163. The zero-order valence-electron chi connectivity index (χ0n) is 13.3. The molecule has 20 heavy (non-hydrogen) atoms. The molecule has 2 N–H and O–H groups in total. The van der Waals surface area contributed by atoms with E-state index >= 15 is 0 Å². The third-order valence-corrected chi connectivity index (χ3v) is 4.73. The lowest BCUT2D eigenvalue weighted by Gasteiger charge is -2.36. The number of aryl methyl sites for hydroxylation is 1. The molecule has 0 aromatic carbocycles. The Morgan fingerprint density at radius 1 is 1.45 bits per heavy atom. The highest BCUT2D eigenvalue weighted by Gasteiger charge is 2.28. The summed E-state index contributed by atoms with van der Waals surface area (Å²) in [6.07, 6.45) is 10.4. The molecule has 1 aliphatic rings. The zero-order valence-corrected chi connectivity index (χ0v) is 13.3. The Morgan fingerprint density at radius 2 is 2.25 bits per heavy atom. The minimum atomic E-state index is 0.381. The average molecular weight is 278 g/mol. The molecule has 1 heterocycles. The summed E-state index contributed by atoms with van der Waals surface area (Å²) in [4.78, 5) is 6.78. The van der Waals surface area contributed by atoms with Crippen molar-refractivity contribution >= 4 is 0 Å². The SMILES string of the molecule is CCCC1CCC(N)C(CN(C)Cc2nccn2C)C1. The number of nitrogens with two attached hydrogens (primary N) is 1. The van der Waals surface area contributed by atoms with E-state index in [1.165, 1.54) is 32.1 Å². The molecule has 114 valence electrons. The van der Waals surface area contributed by atoms with Crippen LogP contribution in [0.3, 0.4) is 0 Å². The fourth-order valence-electron chi connectivity index (χ4n) is 3.52. The second-order valence-electron chi connectivity index (χ2n) is 6.54. The summed E-state index contributed by atoms with van der Waals surface area (Å²) in [6, 6.07) is 0.381. The number of hydrogen-bond acceptors (Lipinski definition) is 3. The number of imidazole rings is 1. The maximum absolute atomic E-state index is 6.34. The monoisotopic (exact) mass is 278 g/mol. The first kappa shape index (κ1) is 15.5. The van der Waals surface area contributed by atoms with Crippen LogP contribution in [0, 0.1) is 11.8 Å². The molecule has 0 bridgehead atoms. The molecule has 3 atom stereocenters. The van der Waals surface area contributed by atoms with Crippen molar-refractivity contribution in [3.63, 3.8) is 0 Å². The van der Waals surface area contributed by atoms with Crippen molar-refractivity contribution in [3.8, 4) is 0 Å². The Labute approximate surface area is 123 Å². The fraction of sp³-hybridized carbons (Fsp3) is 0.812. The van der Waals surface area contributed by atoms with E-state index in [9.17, 15) is 0 Å². The topological polar surface area (TPSA) is 47.1 Å². The van der Waals surface area contributed by atoms with E-state index in [0.717, 1.165) is 24.8 Å². The van der Waals surface area contributed by atoms with Gasteiger partial charge in [-0.2, -0.15) is 0 Å². The van der Waals surface area contributed by atoms with Crippen molar-refractivity contribution in [2.75, 3.05) is 13.6 Å². The molecule has 1 saturated carbocycles. The first-order valence-corrected chi connectivity index (χ1v) is 8.00. The van der Waals surface area contributed by atoms with Crippen molar-refractivity contribution in [3.05, 3.63) is 18.2 Å². The number of nitrogens with zero attached hydrogens (tertiary/aromatic N) is 3. The quantitative estimate of drug-likeness (QED) is 0.869. The Morgan fingerprint density at radius 3 is 2.90 bits per heavy atom. The third kappa shape index (κ3) is 4.06. The molecule has 1 aliphatic carbocycles. The van der Waals surface area contributed by atoms with Crippen LogP contribution >= 0.6 is 0 Å². The van der Waals surface area contributed by atoms with Gasteiger partial charge in [0.05, 0.1) is 6.54 Å². The summed E-state index contributed by atoms with van der Waals surface area (Å²) in [7, 11) is 4.24. The summed E-state index contributed by atoms with van der Waals surface area (Å²) < 4.78 is 2.09. The lowest BCUT2D eigenvalue weighted by Crippen LogP contribution is -2.42. The van der Waals surface area contributed by atoms with E-state index in [2.05, 4.69) is 35.5 Å². The second kappa shape index (κ2) is 7.23. The first-order chi connectivity index (χ1) is 9.60. The molecular formula is C16H30N4. The highest BCUT2D eigenvalue weighted by atomic mass is 15.2. The van der Waals surface area contributed by atoms with Crippen LogP contribution in [0.4, 0.5) is 0 Å². The molecule has 1 aromatic heterocycles. The van der Waals surface area contributed by atoms with Crippen LogP contribution in [0.15, 0.2) is 12.4 Å². The Hall–Kier alpha value is -0.870. The molecule has 1 aromatic rings. The van der Waals surface area contributed by atoms with Crippen LogP contribution in [-0.2, 0) is 13.6 Å². The Bertz CT molecular complexity index is 401. The van der Waals surface area contributed by atoms with Crippen LogP contribution in [0.1, 0.15) is 44.9 Å². The van der Waals surface area contributed by atoms with Crippen LogP contribution in [0.2, 0.25) is 0 Å². The van der Waals surface area contributed by atoms with Gasteiger partial charge >= 0.3 is 0 Å². The molecular weight excluding hydrogens is 248 g/mol. The van der Waals surface area contributed by atoms with Crippen molar-refractivity contribution < 1.29 is 0 Å². The van der Waals surface area contributed by atoms with Crippen molar-refractivity contribution in [1.29, 1.82) is 0 Å². The standard InChI is InChI=1S/C16H30N4/c1-4-5-13-6-7-15(17)14(10-13)11-19(2)12-16-18-8-9-20(16)3/h8-9,13-15H,4-7,10-12,17H2,1-3H3. The summed E-state index contributed by atoms with van der Waals surface area (Å²) in [5, 5.41) is 0. The van der Waals surface area contributed by atoms with Gasteiger partial charge in [0.2, 0.25) is 0 Å². The van der Waals surface area contributed by atoms with Crippen LogP contribution < -0.4 is 5.73 Å². The van der Waals surface area contributed by atoms with Crippen molar-refractivity contribution in [2.45, 2.75) is 51.6 Å². The number of rotatable bonds is 6. The van der Waals surface area contributed by atoms with Gasteiger partial charge in [0.15, 0.2) is 0 Å². The maximum atomic E-state index is 6.34. The highest BCUT2D eigenvalue weighted by Crippen LogP contribution is 2.31. The van der Waals surface area contributed by atoms with Gasteiger partial charge in [0.25, 0.3) is 0 Å². The lowest BCUT2D eigenvalue weighted by atomic mass is 9.76. The smallest absolute Gasteiger partial charge is 0.122 e. The Kier molecular flexibility index (Phi) is 5.61. The predicted molar refractivity (Wildman–Crippen MR) is 83.3 cm³/mol. The van der Waals surface area contributed by atoms with E-state index in [0.29, 0.717) is 12.0 Å². The normalized spacial score (nSPS) is 27.1. The molecule has 0 aliphatic heterocycles. The fourth-order valence-corrected chi connectivity index (χ4v) is 3.52. The van der Waals surface area contributed by atoms with Crippen molar-refractivity contribution in [1.82, 2.24) is 14.5 Å².